The smallest absolute Gasteiger partial charge is 0.340 e. The van der Waals surface area contributed by atoms with Gasteiger partial charge in [-0.2, -0.15) is 0 Å². The number of nitrogens with zero attached hydrogens (tertiary/aromatic N) is 1. The lowest BCUT2D eigenvalue weighted by Crippen LogP contribution is -2.27. The zero-order valence-corrected chi connectivity index (χ0v) is 14.7. The van der Waals surface area contributed by atoms with E-state index in [9.17, 15) is 18.0 Å². The molecule has 0 aliphatic carbocycles. The maximum Gasteiger partial charge on any atom is 0.340 e. The van der Waals surface area contributed by atoms with E-state index in [1.54, 1.807) is 18.2 Å². The first-order valence-corrected chi connectivity index (χ1v) is 9.59. The van der Waals surface area contributed by atoms with Crippen molar-refractivity contribution in [3.8, 4) is 0 Å². The van der Waals surface area contributed by atoms with Gasteiger partial charge in [-0.3, -0.25) is 4.79 Å². The topological polar surface area (TPSA) is 80.8 Å². The SMILES string of the molecule is COC(=O)c1cc(Br)ccc1N1CC(CS(=O)(=O)Cl)CC1=O. The normalized spacial score (nSPS) is 18.6. The highest BCUT2D eigenvalue weighted by atomic mass is 79.9. The molecule has 0 spiro atoms. The molecule has 2 rings (SSSR count). The number of halogens is 2. The number of benzene rings is 1. The van der Waals surface area contributed by atoms with Crippen LogP contribution in [0.3, 0.4) is 0 Å². The maximum absolute atomic E-state index is 12.1. The number of rotatable bonds is 4. The Morgan fingerprint density at radius 2 is 2.18 bits per heavy atom. The second-order valence-electron chi connectivity index (χ2n) is 4.93. The van der Waals surface area contributed by atoms with Crippen molar-refractivity contribution in [2.24, 2.45) is 5.92 Å². The third-order valence-corrected chi connectivity index (χ3v) is 5.04. The van der Waals surface area contributed by atoms with Crippen molar-refractivity contribution in [1.82, 2.24) is 0 Å². The van der Waals surface area contributed by atoms with Gasteiger partial charge in [0.1, 0.15) is 0 Å². The van der Waals surface area contributed by atoms with Gasteiger partial charge in [0.2, 0.25) is 15.0 Å². The molecule has 1 aromatic rings. The molecule has 1 heterocycles. The molecule has 1 amide bonds. The molecule has 1 aliphatic rings. The highest BCUT2D eigenvalue weighted by Crippen LogP contribution is 2.31. The van der Waals surface area contributed by atoms with Crippen molar-refractivity contribution in [3.05, 3.63) is 28.2 Å². The summed E-state index contributed by atoms with van der Waals surface area (Å²) in [5.74, 6) is -1.50. The van der Waals surface area contributed by atoms with Crippen LogP contribution in [0.2, 0.25) is 0 Å². The van der Waals surface area contributed by atoms with Crippen LogP contribution >= 0.6 is 26.6 Å². The number of esters is 1. The fourth-order valence-corrected chi connectivity index (χ4v) is 4.11. The van der Waals surface area contributed by atoms with Crippen LogP contribution in [0.4, 0.5) is 5.69 Å². The van der Waals surface area contributed by atoms with Crippen molar-refractivity contribution in [2.75, 3.05) is 24.3 Å². The summed E-state index contributed by atoms with van der Waals surface area (Å²) in [6.45, 7) is 0.191. The van der Waals surface area contributed by atoms with Gasteiger partial charge in [-0.05, 0) is 18.2 Å². The van der Waals surface area contributed by atoms with Crippen LogP contribution in [-0.2, 0) is 18.6 Å². The second-order valence-corrected chi connectivity index (χ2v) is 8.67. The summed E-state index contributed by atoms with van der Waals surface area (Å²) < 4.78 is 27.7. The van der Waals surface area contributed by atoms with E-state index in [0.29, 0.717) is 10.2 Å². The van der Waals surface area contributed by atoms with Crippen LogP contribution < -0.4 is 4.90 Å². The maximum atomic E-state index is 12.1. The number of carbonyl (C=O) groups excluding carboxylic acids is 2. The number of methoxy groups -OCH3 is 1. The van der Waals surface area contributed by atoms with Gasteiger partial charge in [-0.15, -0.1) is 0 Å². The molecule has 0 N–H and O–H groups in total. The van der Waals surface area contributed by atoms with E-state index in [1.165, 1.54) is 12.0 Å². The van der Waals surface area contributed by atoms with Crippen molar-refractivity contribution in [1.29, 1.82) is 0 Å². The molecule has 1 aliphatic heterocycles. The predicted molar refractivity (Wildman–Crippen MR) is 85.6 cm³/mol. The van der Waals surface area contributed by atoms with E-state index >= 15 is 0 Å². The summed E-state index contributed by atoms with van der Waals surface area (Å²) in [5, 5.41) is 0. The lowest BCUT2D eigenvalue weighted by atomic mass is 10.1. The Morgan fingerprint density at radius 1 is 1.50 bits per heavy atom. The number of amides is 1. The molecule has 1 unspecified atom stereocenters. The minimum atomic E-state index is -3.68. The van der Waals surface area contributed by atoms with Crippen molar-refractivity contribution in [3.63, 3.8) is 0 Å². The quantitative estimate of drug-likeness (QED) is 0.561. The number of ether oxygens (including phenoxy) is 1. The van der Waals surface area contributed by atoms with Crippen LogP contribution in [0.25, 0.3) is 0 Å². The molecule has 22 heavy (non-hydrogen) atoms. The van der Waals surface area contributed by atoms with Crippen LogP contribution in [0.1, 0.15) is 16.8 Å². The Balaban J connectivity index is 2.32. The second kappa shape index (κ2) is 6.55. The summed E-state index contributed by atoms with van der Waals surface area (Å²) in [4.78, 5) is 25.4. The molecule has 1 saturated heterocycles. The molecule has 0 aromatic heterocycles. The molecule has 0 saturated carbocycles. The van der Waals surface area contributed by atoms with Crippen LogP contribution in [0, 0.1) is 5.92 Å². The largest absolute Gasteiger partial charge is 0.465 e. The number of hydrogen-bond acceptors (Lipinski definition) is 5. The summed E-state index contributed by atoms with van der Waals surface area (Å²) in [6.07, 6.45) is 0.0721. The number of anilines is 1. The summed E-state index contributed by atoms with van der Waals surface area (Å²) in [5.41, 5.74) is 0.633. The van der Waals surface area contributed by atoms with Gasteiger partial charge in [-0.1, -0.05) is 15.9 Å². The van der Waals surface area contributed by atoms with Gasteiger partial charge in [0, 0.05) is 34.0 Å². The summed E-state index contributed by atoms with van der Waals surface area (Å²) in [7, 11) is 2.81. The summed E-state index contributed by atoms with van der Waals surface area (Å²) in [6, 6.07) is 4.87. The predicted octanol–water partition coefficient (Wildman–Crippen LogP) is 2.16. The molecular formula is C13H13BrClNO5S. The molecular weight excluding hydrogens is 398 g/mol. The zero-order valence-electron chi connectivity index (χ0n) is 11.6. The molecule has 1 fully saturated rings. The van der Waals surface area contributed by atoms with E-state index in [-0.39, 0.29) is 30.2 Å². The molecule has 9 heteroatoms. The highest BCUT2D eigenvalue weighted by molar-refractivity contribution is 9.10. The van der Waals surface area contributed by atoms with Crippen LogP contribution in [0.5, 0.6) is 0 Å². The first kappa shape index (κ1) is 17.2. The first-order valence-electron chi connectivity index (χ1n) is 6.32. The van der Waals surface area contributed by atoms with Gasteiger partial charge in [0.25, 0.3) is 0 Å². The Hall–Kier alpha value is -1.12. The number of hydrogen-bond donors (Lipinski definition) is 0. The Kier molecular flexibility index (Phi) is 5.14. The van der Waals surface area contributed by atoms with Crippen LogP contribution in [0.15, 0.2) is 22.7 Å². The van der Waals surface area contributed by atoms with E-state index < -0.39 is 20.9 Å². The van der Waals surface area contributed by atoms with Gasteiger partial charge in [0.05, 0.1) is 24.1 Å². The molecule has 1 atom stereocenters. The third-order valence-electron chi connectivity index (χ3n) is 3.29. The summed E-state index contributed by atoms with van der Waals surface area (Å²) >= 11 is 3.26. The average molecular weight is 411 g/mol. The average Bonchev–Trinajstić information content (AvgIpc) is 2.76. The third kappa shape index (κ3) is 3.99. The molecule has 0 radical (unpaired) electrons. The first-order chi connectivity index (χ1) is 10.2. The van der Waals surface area contributed by atoms with E-state index in [1.807, 2.05) is 0 Å². The Labute approximate surface area is 140 Å². The van der Waals surface area contributed by atoms with E-state index in [4.69, 9.17) is 15.4 Å². The lowest BCUT2D eigenvalue weighted by Gasteiger charge is -2.19. The Bertz CT molecular complexity index is 721. The fraction of sp³-hybridized carbons (Fsp3) is 0.385. The monoisotopic (exact) mass is 409 g/mol. The van der Waals surface area contributed by atoms with Crippen LogP contribution in [-0.4, -0.2) is 39.7 Å². The van der Waals surface area contributed by atoms with E-state index in [0.717, 1.165) is 0 Å². The van der Waals surface area contributed by atoms with Gasteiger partial charge in [0.15, 0.2) is 0 Å². The fourth-order valence-electron chi connectivity index (χ4n) is 2.42. The minimum absolute atomic E-state index is 0.0721. The van der Waals surface area contributed by atoms with Gasteiger partial charge in [-0.25, -0.2) is 13.2 Å². The zero-order chi connectivity index (χ0) is 16.5. The van der Waals surface area contributed by atoms with Crippen molar-refractivity contribution in [2.45, 2.75) is 6.42 Å². The molecule has 1 aromatic carbocycles. The van der Waals surface area contributed by atoms with Crippen molar-refractivity contribution < 1.29 is 22.7 Å². The van der Waals surface area contributed by atoms with Gasteiger partial charge < -0.3 is 9.64 Å². The Morgan fingerprint density at radius 3 is 2.77 bits per heavy atom. The number of carbonyl (C=O) groups is 2. The molecule has 120 valence electrons. The molecule has 0 bridgehead atoms. The highest BCUT2D eigenvalue weighted by Gasteiger charge is 2.35. The standard InChI is InChI=1S/C13H13BrClNO5S/c1-21-13(18)10-5-9(14)2-3-11(10)16-6-8(4-12(16)17)7-22(15,19)20/h2-3,5,8H,4,6-7H2,1H3. The molecule has 6 nitrogen and oxygen atoms in total. The van der Waals surface area contributed by atoms with E-state index in [2.05, 4.69) is 15.9 Å². The van der Waals surface area contributed by atoms with Gasteiger partial charge >= 0.3 is 5.97 Å². The van der Waals surface area contributed by atoms with Crippen molar-refractivity contribution >= 4 is 53.2 Å². The lowest BCUT2D eigenvalue weighted by molar-refractivity contribution is -0.117. The minimum Gasteiger partial charge on any atom is -0.465 e.